The maximum Gasteiger partial charge on any atom is 0.253 e. The van der Waals surface area contributed by atoms with Crippen molar-refractivity contribution in [2.24, 2.45) is 0 Å². The minimum atomic E-state index is -0.227. The van der Waals surface area contributed by atoms with Crippen LogP contribution < -0.4 is 10.6 Å². The van der Waals surface area contributed by atoms with Gasteiger partial charge in [0, 0.05) is 18.3 Å². The Morgan fingerprint density at radius 2 is 1.90 bits per heavy atom. The Morgan fingerprint density at radius 3 is 2.48 bits per heavy atom. The molecule has 1 unspecified atom stereocenters. The van der Waals surface area contributed by atoms with Crippen molar-refractivity contribution >= 4 is 34.9 Å². The van der Waals surface area contributed by atoms with Gasteiger partial charge in [-0.25, -0.2) is 4.98 Å². The fourth-order valence-corrected chi connectivity index (χ4v) is 2.25. The first kappa shape index (κ1) is 15.6. The van der Waals surface area contributed by atoms with Crippen LogP contribution in [0, 0.1) is 0 Å². The number of pyridine rings is 1. The molecule has 0 aliphatic carbocycles. The number of rotatable bonds is 4. The molecule has 0 spiro atoms. The first-order valence-electron chi connectivity index (χ1n) is 6.41. The van der Waals surface area contributed by atoms with Crippen molar-refractivity contribution in [2.45, 2.75) is 13.0 Å². The largest absolute Gasteiger partial charge is 0.372 e. The van der Waals surface area contributed by atoms with Gasteiger partial charge in [0.15, 0.2) is 0 Å². The number of nitrogens with zero attached hydrogens (tertiary/aromatic N) is 1. The fourth-order valence-electron chi connectivity index (χ4n) is 1.86. The van der Waals surface area contributed by atoms with Gasteiger partial charge in [0.25, 0.3) is 5.91 Å². The van der Waals surface area contributed by atoms with E-state index in [1.165, 1.54) is 6.20 Å². The lowest BCUT2D eigenvalue weighted by molar-refractivity contribution is 0.0939. The van der Waals surface area contributed by atoms with E-state index in [1.807, 2.05) is 19.1 Å². The topological polar surface area (TPSA) is 54.0 Å². The molecule has 1 heterocycles. The summed E-state index contributed by atoms with van der Waals surface area (Å²) in [5.41, 5.74) is 1.39. The van der Waals surface area contributed by atoms with Crippen LogP contribution in [0.4, 0.5) is 5.82 Å². The zero-order valence-corrected chi connectivity index (χ0v) is 13.2. The maximum absolute atomic E-state index is 12.2. The average Bonchev–Trinajstić information content (AvgIpc) is 2.47. The lowest BCUT2D eigenvalue weighted by atomic mass is 10.1. The van der Waals surface area contributed by atoms with E-state index in [0.717, 1.165) is 5.56 Å². The van der Waals surface area contributed by atoms with Crippen molar-refractivity contribution in [3.63, 3.8) is 0 Å². The van der Waals surface area contributed by atoms with E-state index in [4.69, 9.17) is 23.2 Å². The molecule has 6 heteroatoms. The van der Waals surface area contributed by atoms with Gasteiger partial charge >= 0.3 is 0 Å². The van der Waals surface area contributed by atoms with Crippen molar-refractivity contribution in [1.29, 1.82) is 0 Å². The number of benzene rings is 1. The number of amides is 1. The number of carbonyl (C=O) groups is 1. The predicted octanol–water partition coefficient (Wildman–Crippen LogP) is 3.92. The van der Waals surface area contributed by atoms with Gasteiger partial charge in [-0.05, 0) is 30.7 Å². The SMILES string of the molecule is CNc1ncc(C(=O)NC(C)c2ccc(Cl)cc2)cc1Cl. The quantitative estimate of drug-likeness (QED) is 0.896. The molecule has 21 heavy (non-hydrogen) atoms. The molecule has 1 atom stereocenters. The number of hydrogen-bond donors (Lipinski definition) is 2. The van der Waals surface area contributed by atoms with Crippen molar-refractivity contribution < 1.29 is 4.79 Å². The van der Waals surface area contributed by atoms with Crippen LogP contribution in [0.1, 0.15) is 28.9 Å². The Hall–Kier alpha value is -1.78. The summed E-state index contributed by atoms with van der Waals surface area (Å²) in [7, 11) is 1.72. The molecule has 1 aromatic heterocycles. The van der Waals surface area contributed by atoms with E-state index in [9.17, 15) is 4.79 Å². The second-order valence-corrected chi connectivity index (χ2v) is 5.39. The summed E-state index contributed by atoms with van der Waals surface area (Å²) in [6.45, 7) is 1.90. The Kier molecular flexibility index (Phi) is 5.04. The number of hydrogen-bond acceptors (Lipinski definition) is 3. The van der Waals surface area contributed by atoms with Gasteiger partial charge in [0.2, 0.25) is 0 Å². The van der Waals surface area contributed by atoms with E-state index in [0.29, 0.717) is 21.4 Å². The first-order chi connectivity index (χ1) is 10.0. The van der Waals surface area contributed by atoms with Crippen LogP contribution in [0.3, 0.4) is 0 Å². The molecule has 1 amide bonds. The predicted molar refractivity (Wildman–Crippen MR) is 86.1 cm³/mol. The molecule has 4 nitrogen and oxygen atoms in total. The number of aromatic nitrogens is 1. The fraction of sp³-hybridized carbons (Fsp3) is 0.200. The molecule has 2 rings (SSSR count). The van der Waals surface area contributed by atoms with Crippen LogP contribution in [0.2, 0.25) is 10.0 Å². The first-order valence-corrected chi connectivity index (χ1v) is 7.16. The summed E-state index contributed by atoms with van der Waals surface area (Å²) in [5.74, 6) is 0.313. The summed E-state index contributed by atoms with van der Waals surface area (Å²) in [6.07, 6.45) is 1.49. The minimum Gasteiger partial charge on any atom is -0.372 e. The summed E-state index contributed by atoms with van der Waals surface area (Å²) in [5, 5.41) is 6.81. The van der Waals surface area contributed by atoms with Gasteiger partial charge < -0.3 is 10.6 Å². The Bertz CT molecular complexity index is 644. The van der Waals surface area contributed by atoms with Crippen LogP contribution in [0.25, 0.3) is 0 Å². The van der Waals surface area contributed by atoms with Crippen LogP contribution in [0.15, 0.2) is 36.5 Å². The molecule has 0 fully saturated rings. The summed E-state index contributed by atoms with van der Waals surface area (Å²) in [4.78, 5) is 16.3. The van der Waals surface area contributed by atoms with Crippen molar-refractivity contribution in [1.82, 2.24) is 10.3 Å². The van der Waals surface area contributed by atoms with E-state index < -0.39 is 0 Å². The van der Waals surface area contributed by atoms with E-state index in [1.54, 1.807) is 25.2 Å². The normalized spacial score (nSPS) is 11.8. The highest BCUT2D eigenvalue weighted by Crippen LogP contribution is 2.20. The van der Waals surface area contributed by atoms with E-state index in [2.05, 4.69) is 15.6 Å². The van der Waals surface area contributed by atoms with Gasteiger partial charge in [0.05, 0.1) is 16.6 Å². The lowest BCUT2D eigenvalue weighted by Crippen LogP contribution is -2.26. The molecule has 2 aromatic rings. The second kappa shape index (κ2) is 6.78. The Morgan fingerprint density at radius 1 is 1.24 bits per heavy atom. The third-order valence-electron chi connectivity index (χ3n) is 3.06. The highest BCUT2D eigenvalue weighted by atomic mass is 35.5. The third kappa shape index (κ3) is 3.86. The van der Waals surface area contributed by atoms with E-state index >= 15 is 0 Å². The molecule has 0 bridgehead atoms. The lowest BCUT2D eigenvalue weighted by Gasteiger charge is -2.14. The van der Waals surface area contributed by atoms with Gasteiger partial charge in [0.1, 0.15) is 5.82 Å². The average molecular weight is 324 g/mol. The van der Waals surface area contributed by atoms with Gasteiger partial charge in [-0.1, -0.05) is 35.3 Å². The molecule has 0 radical (unpaired) electrons. The molecule has 2 N–H and O–H groups in total. The van der Waals surface area contributed by atoms with Crippen LogP contribution >= 0.6 is 23.2 Å². The zero-order chi connectivity index (χ0) is 15.4. The number of halogens is 2. The summed E-state index contributed by atoms with van der Waals surface area (Å²) >= 11 is 11.9. The van der Waals surface area contributed by atoms with Crippen molar-refractivity contribution in [3.05, 3.63) is 57.7 Å². The van der Waals surface area contributed by atoms with E-state index in [-0.39, 0.29) is 11.9 Å². The van der Waals surface area contributed by atoms with Gasteiger partial charge in [-0.2, -0.15) is 0 Å². The van der Waals surface area contributed by atoms with Crippen molar-refractivity contribution in [2.75, 3.05) is 12.4 Å². The summed E-state index contributed by atoms with van der Waals surface area (Å²) in [6, 6.07) is 8.78. The smallest absolute Gasteiger partial charge is 0.253 e. The number of nitrogens with one attached hydrogen (secondary N) is 2. The van der Waals surface area contributed by atoms with Crippen LogP contribution in [0.5, 0.6) is 0 Å². The molecule has 1 aromatic carbocycles. The maximum atomic E-state index is 12.2. The highest BCUT2D eigenvalue weighted by Gasteiger charge is 2.13. The Labute approximate surface area is 133 Å². The minimum absolute atomic E-state index is 0.141. The molecule has 110 valence electrons. The zero-order valence-electron chi connectivity index (χ0n) is 11.7. The number of carbonyl (C=O) groups excluding carboxylic acids is 1. The Balaban J connectivity index is 2.10. The molecule has 0 aliphatic rings. The highest BCUT2D eigenvalue weighted by molar-refractivity contribution is 6.33. The third-order valence-corrected chi connectivity index (χ3v) is 3.60. The molecular weight excluding hydrogens is 309 g/mol. The van der Waals surface area contributed by atoms with Gasteiger partial charge in [-0.3, -0.25) is 4.79 Å². The van der Waals surface area contributed by atoms with Crippen LogP contribution in [-0.2, 0) is 0 Å². The number of anilines is 1. The molecular formula is C15H15Cl2N3O. The molecule has 0 saturated carbocycles. The van der Waals surface area contributed by atoms with Crippen molar-refractivity contribution in [3.8, 4) is 0 Å². The molecule has 0 aliphatic heterocycles. The van der Waals surface area contributed by atoms with Crippen LogP contribution in [-0.4, -0.2) is 17.9 Å². The monoisotopic (exact) mass is 323 g/mol. The molecule has 0 saturated heterocycles. The standard InChI is InChI=1S/C15H15Cl2N3O/c1-9(10-3-5-12(16)6-4-10)20-15(21)11-7-13(17)14(18-2)19-8-11/h3-9H,1-2H3,(H,18,19)(H,20,21). The van der Waals surface area contributed by atoms with Gasteiger partial charge in [-0.15, -0.1) is 0 Å². The second-order valence-electron chi connectivity index (χ2n) is 4.55. The summed E-state index contributed by atoms with van der Waals surface area (Å²) < 4.78 is 0.